The van der Waals surface area contributed by atoms with Crippen LogP contribution in [0.2, 0.25) is 0 Å². The summed E-state index contributed by atoms with van der Waals surface area (Å²) in [7, 11) is 0. The van der Waals surface area contributed by atoms with Crippen molar-refractivity contribution in [3.8, 4) is 34.5 Å². The summed E-state index contributed by atoms with van der Waals surface area (Å²) in [6.45, 7) is 17.9. The molecule has 0 spiro atoms. The summed E-state index contributed by atoms with van der Waals surface area (Å²) in [4.78, 5) is 0. The van der Waals surface area contributed by atoms with Crippen molar-refractivity contribution in [3.63, 3.8) is 0 Å². The molecule has 0 aliphatic rings. The Bertz CT molecular complexity index is 832. The molecular formula is C27H36O6. The summed E-state index contributed by atoms with van der Waals surface area (Å²) in [6.07, 6.45) is 3.95. The van der Waals surface area contributed by atoms with Crippen LogP contribution in [0, 0.1) is 0 Å². The minimum Gasteiger partial charge on any atom is -0.490 e. The third-order valence-electron chi connectivity index (χ3n) is 4.56. The highest BCUT2D eigenvalue weighted by Gasteiger charge is 2.22. The van der Waals surface area contributed by atoms with E-state index < -0.39 is 0 Å². The average molecular weight is 457 g/mol. The summed E-state index contributed by atoms with van der Waals surface area (Å²) in [6, 6.07) is 7.78. The lowest BCUT2D eigenvalue weighted by Crippen LogP contribution is -2.07. The molecule has 33 heavy (non-hydrogen) atoms. The van der Waals surface area contributed by atoms with E-state index >= 15 is 0 Å². The van der Waals surface area contributed by atoms with E-state index in [1.807, 2.05) is 52.0 Å². The van der Waals surface area contributed by atoms with Gasteiger partial charge < -0.3 is 28.4 Å². The van der Waals surface area contributed by atoms with Crippen molar-refractivity contribution in [2.45, 2.75) is 34.1 Å². The molecule has 6 nitrogen and oxygen atoms in total. The fraction of sp³-hybridized carbons (Fsp3) is 0.407. The Hall–Kier alpha value is -3.28. The molecule has 0 heterocycles. The molecule has 0 aliphatic carbocycles. The van der Waals surface area contributed by atoms with Gasteiger partial charge in [-0.15, -0.1) is 0 Å². The van der Waals surface area contributed by atoms with E-state index in [0.29, 0.717) is 80.6 Å². The van der Waals surface area contributed by atoms with Crippen LogP contribution in [-0.4, -0.2) is 39.6 Å². The predicted molar refractivity (Wildman–Crippen MR) is 132 cm³/mol. The van der Waals surface area contributed by atoms with Gasteiger partial charge in [0.05, 0.1) is 26.4 Å². The zero-order valence-electron chi connectivity index (χ0n) is 20.3. The Balaban J connectivity index is 2.57. The van der Waals surface area contributed by atoms with Gasteiger partial charge in [-0.05, 0) is 39.8 Å². The standard InChI is InChI=1S/C27H36O6/c1-7-17-32-22-15-13-20(24(28-9-3)26(22)30-11-5)19-21-14-16-23(33-18-8-2)27(31-12-6)25(21)29-10-4/h7-8,13-16H,1-2,9-12,17-19H2,3-6H3. The fourth-order valence-corrected chi connectivity index (χ4v) is 3.35. The second kappa shape index (κ2) is 14.0. The molecule has 0 fully saturated rings. The first kappa shape index (κ1) is 26.0. The average Bonchev–Trinajstić information content (AvgIpc) is 2.82. The highest BCUT2D eigenvalue weighted by atomic mass is 16.5. The Labute approximate surface area is 197 Å². The van der Waals surface area contributed by atoms with Crippen LogP contribution in [0.25, 0.3) is 0 Å². The van der Waals surface area contributed by atoms with E-state index in [0.717, 1.165) is 11.1 Å². The fourth-order valence-electron chi connectivity index (χ4n) is 3.35. The van der Waals surface area contributed by atoms with Crippen LogP contribution < -0.4 is 28.4 Å². The Morgan fingerprint density at radius 3 is 1.24 bits per heavy atom. The van der Waals surface area contributed by atoms with Gasteiger partial charge in [0.2, 0.25) is 11.5 Å². The van der Waals surface area contributed by atoms with Gasteiger partial charge in [0.15, 0.2) is 23.0 Å². The van der Waals surface area contributed by atoms with Crippen molar-refractivity contribution in [2.24, 2.45) is 0 Å². The molecule has 0 aliphatic heterocycles. The van der Waals surface area contributed by atoms with Crippen LogP contribution in [0.3, 0.4) is 0 Å². The number of benzene rings is 2. The van der Waals surface area contributed by atoms with Crippen LogP contribution in [0.4, 0.5) is 0 Å². The molecule has 2 aromatic carbocycles. The predicted octanol–water partition coefficient (Wildman–Crippen LogP) is 6.00. The van der Waals surface area contributed by atoms with Crippen LogP contribution in [0.15, 0.2) is 49.6 Å². The van der Waals surface area contributed by atoms with Gasteiger partial charge >= 0.3 is 0 Å². The van der Waals surface area contributed by atoms with E-state index in [-0.39, 0.29) is 0 Å². The Morgan fingerprint density at radius 1 is 0.545 bits per heavy atom. The zero-order valence-corrected chi connectivity index (χ0v) is 20.3. The molecule has 2 rings (SSSR count). The maximum atomic E-state index is 6.03. The molecule has 0 bridgehead atoms. The molecule has 0 radical (unpaired) electrons. The summed E-state index contributed by atoms with van der Waals surface area (Å²) < 4.78 is 35.5. The van der Waals surface area contributed by atoms with Gasteiger partial charge in [-0.1, -0.05) is 37.4 Å². The van der Waals surface area contributed by atoms with Crippen LogP contribution in [0.5, 0.6) is 34.5 Å². The van der Waals surface area contributed by atoms with Crippen molar-refractivity contribution < 1.29 is 28.4 Å². The molecule has 2 aromatic rings. The van der Waals surface area contributed by atoms with Gasteiger partial charge in [0.1, 0.15) is 13.2 Å². The van der Waals surface area contributed by atoms with Gasteiger partial charge in [-0.2, -0.15) is 0 Å². The maximum Gasteiger partial charge on any atom is 0.203 e. The van der Waals surface area contributed by atoms with Crippen LogP contribution in [-0.2, 0) is 6.42 Å². The molecule has 0 unspecified atom stereocenters. The molecule has 0 saturated heterocycles. The molecule has 0 saturated carbocycles. The normalized spacial score (nSPS) is 10.3. The Kier molecular flexibility index (Phi) is 11.0. The molecule has 180 valence electrons. The lowest BCUT2D eigenvalue weighted by Gasteiger charge is -2.21. The van der Waals surface area contributed by atoms with E-state index in [4.69, 9.17) is 28.4 Å². The van der Waals surface area contributed by atoms with E-state index in [2.05, 4.69) is 13.2 Å². The van der Waals surface area contributed by atoms with Crippen LogP contribution in [0.1, 0.15) is 38.8 Å². The quantitative estimate of drug-likeness (QED) is 0.289. The van der Waals surface area contributed by atoms with Crippen molar-refractivity contribution in [2.75, 3.05) is 39.6 Å². The van der Waals surface area contributed by atoms with Crippen molar-refractivity contribution in [1.29, 1.82) is 0 Å². The van der Waals surface area contributed by atoms with Crippen molar-refractivity contribution in [1.82, 2.24) is 0 Å². The number of rotatable bonds is 16. The third-order valence-corrected chi connectivity index (χ3v) is 4.56. The maximum absolute atomic E-state index is 6.03. The van der Waals surface area contributed by atoms with E-state index in [1.54, 1.807) is 12.2 Å². The van der Waals surface area contributed by atoms with Crippen molar-refractivity contribution >= 4 is 0 Å². The SMILES string of the molecule is C=CCOc1ccc(Cc2ccc(OCC=C)c(OCC)c2OCC)c(OCC)c1OCC. The first-order valence-electron chi connectivity index (χ1n) is 11.4. The first-order valence-corrected chi connectivity index (χ1v) is 11.4. The molecular weight excluding hydrogens is 420 g/mol. The van der Waals surface area contributed by atoms with E-state index in [9.17, 15) is 0 Å². The monoisotopic (exact) mass is 456 g/mol. The third kappa shape index (κ3) is 6.85. The summed E-state index contributed by atoms with van der Waals surface area (Å²) in [5, 5.41) is 0. The Morgan fingerprint density at radius 2 is 0.909 bits per heavy atom. The minimum atomic E-state index is 0.378. The zero-order chi connectivity index (χ0) is 24.1. The van der Waals surface area contributed by atoms with Gasteiger partial charge in [0, 0.05) is 17.5 Å². The van der Waals surface area contributed by atoms with Crippen LogP contribution >= 0.6 is 0 Å². The van der Waals surface area contributed by atoms with E-state index in [1.165, 1.54) is 0 Å². The molecule has 0 amide bonds. The number of hydrogen-bond donors (Lipinski definition) is 0. The van der Waals surface area contributed by atoms with Gasteiger partial charge in [0.25, 0.3) is 0 Å². The lowest BCUT2D eigenvalue weighted by atomic mass is 10.0. The second-order valence-electron chi connectivity index (χ2n) is 6.87. The summed E-state index contributed by atoms with van der Waals surface area (Å²) >= 11 is 0. The summed E-state index contributed by atoms with van der Waals surface area (Å²) in [5.74, 6) is 3.75. The highest BCUT2D eigenvalue weighted by Crippen LogP contribution is 2.45. The van der Waals surface area contributed by atoms with Gasteiger partial charge in [-0.25, -0.2) is 0 Å². The van der Waals surface area contributed by atoms with Crippen molar-refractivity contribution in [3.05, 3.63) is 60.7 Å². The number of hydrogen-bond acceptors (Lipinski definition) is 6. The smallest absolute Gasteiger partial charge is 0.203 e. The van der Waals surface area contributed by atoms with Gasteiger partial charge in [-0.3, -0.25) is 0 Å². The number of ether oxygens (including phenoxy) is 6. The lowest BCUT2D eigenvalue weighted by molar-refractivity contribution is 0.261. The minimum absolute atomic E-state index is 0.378. The second-order valence-corrected chi connectivity index (χ2v) is 6.87. The molecule has 6 heteroatoms. The molecule has 0 aromatic heterocycles. The topological polar surface area (TPSA) is 55.4 Å². The summed E-state index contributed by atoms with van der Waals surface area (Å²) in [5.41, 5.74) is 1.91. The highest BCUT2D eigenvalue weighted by molar-refractivity contribution is 5.60. The molecule has 0 N–H and O–H groups in total. The molecule has 0 atom stereocenters. The first-order chi connectivity index (χ1) is 16.1. The largest absolute Gasteiger partial charge is 0.490 e.